The van der Waals surface area contributed by atoms with Gasteiger partial charge in [-0.25, -0.2) is 0 Å². The van der Waals surface area contributed by atoms with Gasteiger partial charge in [-0.05, 0) is 37.9 Å². The Labute approximate surface area is 102 Å². The molecule has 2 atom stereocenters. The number of hydrogen-bond acceptors (Lipinski definition) is 4. The highest BCUT2D eigenvalue weighted by Gasteiger charge is 2.24. The largest absolute Gasteiger partial charge is 0.395 e. The molecule has 4 heteroatoms. The van der Waals surface area contributed by atoms with Crippen LogP contribution in [0.1, 0.15) is 32.1 Å². The van der Waals surface area contributed by atoms with Gasteiger partial charge < -0.3 is 15.2 Å². The van der Waals surface area contributed by atoms with Gasteiger partial charge in [0.2, 0.25) is 0 Å². The average molecular weight is 245 g/mol. The van der Waals surface area contributed by atoms with Crippen LogP contribution >= 0.6 is 11.8 Å². The minimum Gasteiger partial charge on any atom is -0.395 e. The number of hydrogen-bond donors (Lipinski definition) is 2. The minimum atomic E-state index is 0.275. The summed E-state index contributed by atoms with van der Waals surface area (Å²) >= 11 is 1.97. The topological polar surface area (TPSA) is 41.5 Å². The zero-order chi connectivity index (χ0) is 11.2. The molecule has 0 aromatic carbocycles. The van der Waals surface area contributed by atoms with Crippen LogP contribution in [0.2, 0.25) is 0 Å². The quantitative estimate of drug-likeness (QED) is 0.634. The van der Waals surface area contributed by atoms with Crippen LogP contribution in [0, 0.1) is 0 Å². The van der Waals surface area contributed by atoms with Gasteiger partial charge in [0.1, 0.15) is 0 Å². The molecule has 0 spiro atoms. The number of aliphatic hydroxyl groups is 1. The van der Waals surface area contributed by atoms with E-state index in [2.05, 4.69) is 5.32 Å². The van der Waals surface area contributed by atoms with Gasteiger partial charge in [-0.2, -0.15) is 11.8 Å². The fourth-order valence-electron chi connectivity index (χ4n) is 2.03. The molecule has 1 heterocycles. The Balaban J connectivity index is 1.48. The lowest BCUT2D eigenvalue weighted by Gasteiger charge is -2.16. The molecule has 2 N–H and O–H groups in total. The van der Waals surface area contributed by atoms with E-state index >= 15 is 0 Å². The molecule has 16 heavy (non-hydrogen) atoms. The van der Waals surface area contributed by atoms with Gasteiger partial charge in [0.05, 0.1) is 12.7 Å². The van der Waals surface area contributed by atoms with Crippen LogP contribution in [0.15, 0.2) is 0 Å². The molecule has 1 saturated carbocycles. The molecule has 0 aromatic heterocycles. The number of ether oxygens (including phenoxy) is 1. The van der Waals surface area contributed by atoms with E-state index in [4.69, 9.17) is 4.74 Å². The SMILES string of the molecule is OCC(CCSCC1CCCO1)NC1CC1. The third-order valence-corrected chi connectivity index (χ3v) is 4.34. The van der Waals surface area contributed by atoms with E-state index in [1.807, 2.05) is 11.8 Å². The summed E-state index contributed by atoms with van der Waals surface area (Å²) in [6, 6.07) is 1.00. The molecule has 0 radical (unpaired) electrons. The zero-order valence-electron chi connectivity index (χ0n) is 9.86. The van der Waals surface area contributed by atoms with Crippen molar-refractivity contribution >= 4 is 11.8 Å². The first-order chi connectivity index (χ1) is 7.88. The number of nitrogens with one attached hydrogen (secondary N) is 1. The van der Waals surface area contributed by atoms with Crippen molar-refractivity contribution in [2.45, 2.75) is 50.3 Å². The molecule has 2 fully saturated rings. The smallest absolute Gasteiger partial charge is 0.0666 e. The molecule has 2 unspecified atom stereocenters. The molecular formula is C12H23NO2S. The van der Waals surface area contributed by atoms with Crippen molar-refractivity contribution < 1.29 is 9.84 Å². The van der Waals surface area contributed by atoms with E-state index in [1.54, 1.807) is 0 Å². The summed E-state index contributed by atoms with van der Waals surface area (Å²) in [6.07, 6.45) is 6.61. The van der Waals surface area contributed by atoms with Crippen molar-refractivity contribution in [3.63, 3.8) is 0 Å². The summed E-state index contributed by atoms with van der Waals surface area (Å²) < 4.78 is 5.58. The predicted molar refractivity (Wildman–Crippen MR) is 67.9 cm³/mol. The highest BCUT2D eigenvalue weighted by Crippen LogP contribution is 2.21. The lowest BCUT2D eigenvalue weighted by molar-refractivity contribution is 0.129. The van der Waals surface area contributed by atoms with Crippen molar-refractivity contribution in [3.8, 4) is 0 Å². The molecule has 94 valence electrons. The van der Waals surface area contributed by atoms with Crippen LogP contribution in [-0.4, -0.2) is 48.0 Å². The van der Waals surface area contributed by atoms with Crippen LogP contribution in [0.4, 0.5) is 0 Å². The summed E-state index contributed by atoms with van der Waals surface area (Å²) in [5.74, 6) is 2.26. The van der Waals surface area contributed by atoms with Gasteiger partial charge in [0.25, 0.3) is 0 Å². The van der Waals surface area contributed by atoms with Crippen LogP contribution in [0.3, 0.4) is 0 Å². The molecule has 0 amide bonds. The third kappa shape index (κ3) is 4.62. The van der Waals surface area contributed by atoms with Gasteiger partial charge in [-0.3, -0.25) is 0 Å². The van der Waals surface area contributed by atoms with Crippen LogP contribution in [-0.2, 0) is 4.74 Å². The first-order valence-corrected chi connectivity index (χ1v) is 7.60. The van der Waals surface area contributed by atoms with E-state index < -0.39 is 0 Å². The third-order valence-electron chi connectivity index (χ3n) is 3.21. The highest BCUT2D eigenvalue weighted by atomic mass is 32.2. The molecule has 1 aliphatic heterocycles. The zero-order valence-corrected chi connectivity index (χ0v) is 10.7. The fourth-order valence-corrected chi connectivity index (χ4v) is 3.17. The Morgan fingerprint density at radius 3 is 2.88 bits per heavy atom. The van der Waals surface area contributed by atoms with Gasteiger partial charge >= 0.3 is 0 Å². The summed E-state index contributed by atoms with van der Waals surface area (Å²) in [6.45, 7) is 1.23. The molecule has 1 aliphatic carbocycles. The summed E-state index contributed by atoms with van der Waals surface area (Å²) in [5, 5.41) is 12.7. The maximum Gasteiger partial charge on any atom is 0.0666 e. The second-order valence-electron chi connectivity index (χ2n) is 4.82. The Morgan fingerprint density at radius 1 is 1.38 bits per heavy atom. The molecular weight excluding hydrogens is 222 g/mol. The van der Waals surface area contributed by atoms with E-state index in [-0.39, 0.29) is 6.61 Å². The van der Waals surface area contributed by atoms with Crippen LogP contribution < -0.4 is 5.32 Å². The number of rotatable bonds is 8. The summed E-state index contributed by atoms with van der Waals surface area (Å²) in [7, 11) is 0. The van der Waals surface area contributed by atoms with Gasteiger partial charge in [-0.15, -0.1) is 0 Å². The fraction of sp³-hybridized carbons (Fsp3) is 1.00. The van der Waals surface area contributed by atoms with Crippen molar-refractivity contribution in [1.29, 1.82) is 0 Å². The van der Waals surface area contributed by atoms with Crippen LogP contribution in [0.25, 0.3) is 0 Å². The van der Waals surface area contributed by atoms with Crippen molar-refractivity contribution in [2.24, 2.45) is 0 Å². The lowest BCUT2D eigenvalue weighted by Crippen LogP contribution is -2.34. The van der Waals surface area contributed by atoms with Crippen molar-refractivity contribution in [2.75, 3.05) is 24.7 Å². The Kier molecular flexibility index (Phi) is 5.42. The van der Waals surface area contributed by atoms with E-state index in [0.29, 0.717) is 18.2 Å². The Bertz CT molecular complexity index is 193. The normalized spacial score (nSPS) is 27.2. The Morgan fingerprint density at radius 2 is 2.25 bits per heavy atom. The van der Waals surface area contributed by atoms with E-state index in [1.165, 1.54) is 25.7 Å². The first-order valence-electron chi connectivity index (χ1n) is 6.44. The van der Waals surface area contributed by atoms with Gasteiger partial charge in [-0.1, -0.05) is 0 Å². The standard InChI is InChI=1S/C12H23NO2S/c14-8-11(13-10-3-4-10)5-7-16-9-12-2-1-6-15-12/h10-14H,1-9H2. The second-order valence-corrected chi connectivity index (χ2v) is 5.97. The first kappa shape index (κ1) is 12.7. The molecule has 2 rings (SSSR count). The Hall–Kier alpha value is 0.230. The van der Waals surface area contributed by atoms with E-state index in [9.17, 15) is 5.11 Å². The molecule has 0 bridgehead atoms. The van der Waals surface area contributed by atoms with Gasteiger partial charge in [0.15, 0.2) is 0 Å². The van der Waals surface area contributed by atoms with Crippen LogP contribution in [0.5, 0.6) is 0 Å². The van der Waals surface area contributed by atoms with Crippen molar-refractivity contribution in [3.05, 3.63) is 0 Å². The van der Waals surface area contributed by atoms with Gasteiger partial charge in [0, 0.05) is 24.4 Å². The molecule has 2 aliphatic rings. The predicted octanol–water partition coefficient (Wildman–Crippen LogP) is 1.40. The highest BCUT2D eigenvalue weighted by molar-refractivity contribution is 7.99. The summed E-state index contributed by atoms with van der Waals surface area (Å²) in [5.41, 5.74) is 0. The maximum absolute atomic E-state index is 9.22. The summed E-state index contributed by atoms with van der Waals surface area (Å²) in [4.78, 5) is 0. The van der Waals surface area contributed by atoms with E-state index in [0.717, 1.165) is 24.5 Å². The second kappa shape index (κ2) is 6.84. The average Bonchev–Trinajstić information content (AvgIpc) is 2.96. The van der Waals surface area contributed by atoms with Crippen molar-refractivity contribution in [1.82, 2.24) is 5.32 Å². The molecule has 1 saturated heterocycles. The minimum absolute atomic E-state index is 0.275. The monoisotopic (exact) mass is 245 g/mol. The number of aliphatic hydroxyl groups excluding tert-OH is 1. The molecule has 3 nitrogen and oxygen atoms in total. The number of thioether (sulfide) groups is 1. The maximum atomic E-state index is 9.22. The lowest BCUT2D eigenvalue weighted by atomic mass is 10.2. The molecule has 0 aromatic rings.